The van der Waals surface area contributed by atoms with Crippen molar-refractivity contribution in [1.82, 2.24) is 20.5 Å². The van der Waals surface area contributed by atoms with Gasteiger partial charge in [0.15, 0.2) is 4.34 Å². The zero-order valence-corrected chi connectivity index (χ0v) is 10.7. The largest absolute Gasteiger partial charge is 0.316 e. The summed E-state index contributed by atoms with van der Waals surface area (Å²) < 4.78 is 0.936. The van der Waals surface area contributed by atoms with E-state index in [-0.39, 0.29) is 0 Å². The van der Waals surface area contributed by atoms with Crippen LogP contribution in [-0.2, 0) is 6.54 Å². The number of nitrogens with zero attached hydrogens (tertiary/aromatic N) is 3. The molecule has 0 bridgehead atoms. The first-order valence-electron chi connectivity index (χ1n) is 4.85. The van der Waals surface area contributed by atoms with Crippen LogP contribution in [0.5, 0.6) is 0 Å². The minimum Gasteiger partial charge on any atom is -0.316 e. The number of hydrogen-bond donors (Lipinski definition) is 1. The first-order valence-corrected chi connectivity index (χ1v) is 6.48. The predicted octanol–water partition coefficient (Wildman–Crippen LogP) is 2.11. The van der Waals surface area contributed by atoms with E-state index in [1.807, 2.05) is 26.2 Å². The van der Waals surface area contributed by atoms with E-state index in [2.05, 4.69) is 26.6 Å². The molecule has 0 unspecified atom stereocenters. The topological polar surface area (TPSA) is 50.7 Å². The maximum absolute atomic E-state index is 4.36. The normalized spacial score (nSPS) is 10.6. The molecular weight excluding hydrogens is 240 g/mol. The zero-order chi connectivity index (χ0) is 11.4. The van der Waals surface area contributed by atoms with Crippen LogP contribution in [0, 0.1) is 6.92 Å². The summed E-state index contributed by atoms with van der Waals surface area (Å²) in [5, 5.41) is 13.0. The molecule has 0 saturated heterocycles. The molecule has 0 saturated carbocycles. The first-order chi connectivity index (χ1) is 7.78. The summed E-state index contributed by atoms with van der Waals surface area (Å²) in [6.07, 6.45) is 1.88. The smallest absolute Gasteiger partial charge is 0.180 e. The standard InChI is InChI=1S/C10H12N4S2/c1-7-13-14-10(15-7)16-9-4-3-8(5-11-2)6-12-9/h3-4,6,11H,5H2,1-2H3. The van der Waals surface area contributed by atoms with Crippen LogP contribution in [0.2, 0.25) is 0 Å². The molecule has 1 N–H and O–H groups in total. The molecule has 0 aliphatic carbocycles. The summed E-state index contributed by atoms with van der Waals surface area (Å²) >= 11 is 3.13. The predicted molar refractivity (Wildman–Crippen MR) is 65.8 cm³/mol. The highest BCUT2D eigenvalue weighted by atomic mass is 32.2. The van der Waals surface area contributed by atoms with Crippen LogP contribution in [0.15, 0.2) is 27.7 Å². The SMILES string of the molecule is CNCc1ccc(Sc2nnc(C)s2)nc1. The zero-order valence-electron chi connectivity index (χ0n) is 9.10. The molecule has 0 amide bonds. The van der Waals surface area contributed by atoms with E-state index in [1.54, 1.807) is 23.1 Å². The van der Waals surface area contributed by atoms with Gasteiger partial charge >= 0.3 is 0 Å². The van der Waals surface area contributed by atoms with Crippen LogP contribution < -0.4 is 5.32 Å². The van der Waals surface area contributed by atoms with Crippen molar-refractivity contribution < 1.29 is 0 Å². The Kier molecular flexibility index (Phi) is 3.87. The number of aryl methyl sites for hydroxylation is 1. The van der Waals surface area contributed by atoms with E-state index in [4.69, 9.17) is 0 Å². The second-order valence-electron chi connectivity index (χ2n) is 3.22. The van der Waals surface area contributed by atoms with Gasteiger partial charge in [0.05, 0.1) is 0 Å². The van der Waals surface area contributed by atoms with Gasteiger partial charge in [-0.3, -0.25) is 0 Å². The summed E-state index contributed by atoms with van der Waals surface area (Å²) in [6, 6.07) is 4.08. The van der Waals surface area contributed by atoms with E-state index in [0.29, 0.717) is 0 Å². The van der Waals surface area contributed by atoms with Crippen molar-refractivity contribution in [3.63, 3.8) is 0 Å². The molecule has 84 valence electrons. The van der Waals surface area contributed by atoms with Gasteiger partial charge in [0.1, 0.15) is 10.0 Å². The molecule has 0 radical (unpaired) electrons. The molecule has 0 fully saturated rings. The van der Waals surface area contributed by atoms with Gasteiger partial charge in [-0.05, 0) is 37.4 Å². The lowest BCUT2D eigenvalue weighted by molar-refractivity contribution is 0.809. The number of rotatable bonds is 4. The highest BCUT2D eigenvalue weighted by Crippen LogP contribution is 2.28. The number of aromatic nitrogens is 3. The summed E-state index contributed by atoms with van der Waals surface area (Å²) in [5.41, 5.74) is 1.18. The maximum atomic E-state index is 4.36. The first kappa shape index (κ1) is 11.5. The summed E-state index contributed by atoms with van der Waals surface area (Å²) in [6.45, 7) is 2.79. The van der Waals surface area contributed by atoms with Crippen molar-refractivity contribution in [1.29, 1.82) is 0 Å². The molecule has 0 aliphatic heterocycles. The van der Waals surface area contributed by atoms with Gasteiger partial charge in [-0.2, -0.15) is 0 Å². The fourth-order valence-corrected chi connectivity index (χ4v) is 2.89. The lowest BCUT2D eigenvalue weighted by atomic mass is 10.3. The highest BCUT2D eigenvalue weighted by Gasteiger charge is 2.04. The molecule has 0 aromatic carbocycles. The molecule has 0 spiro atoms. The van der Waals surface area contributed by atoms with Crippen LogP contribution in [0.1, 0.15) is 10.6 Å². The van der Waals surface area contributed by atoms with Crippen molar-refractivity contribution in [2.75, 3.05) is 7.05 Å². The van der Waals surface area contributed by atoms with Crippen LogP contribution in [0.25, 0.3) is 0 Å². The Hall–Kier alpha value is -0.980. The van der Waals surface area contributed by atoms with Crippen LogP contribution in [-0.4, -0.2) is 22.2 Å². The fourth-order valence-electron chi connectivity index (χ4n) is 1.19. The van der Waals surface area contributed by atoms with E-state index in [9.17, 15) is 0 Å². The third kappa shape index (κ3) is 3.01. The van der Waals surface area contributed by atoms with Gasteiger partial charge in [-0.15, -0.1) is 10.2 Å². The minimum atomic E-state index is 0.843. The Bertz CT molecular complexity index is 452. The Morgan fingerprint density at radius 2 is 2.25 bits per heavy atom. The van der Waals surface area contributed by atoms with Crippen molar-refractivity contribution in [2.24, 2.45) is 0 Å². The highest BCUT2D eigenvalue weighted by molar-refractivity contribution is 8.01. The third-order valence-electron chi connectivity index (χ3n) is 1.88. The number of hydrogen-bond acceptors (Lipinski definition) is 6. The number of nitrogens with one attached hydrogen (secondary N) is 1. The molecule has 0 aliphatic rings. The van der Waals surface area contributed by atoms with Crippen LogP contribution in [0.3, 0.4) is 0 Å². The molecule has 0 atom stereocenters. The van der Waals surface area contributed by atoms with Gasteiger partial charge < -0.3 is 5.32 Å². The molecule has 16 heavy (non-hydrogen) atoms. The minimum absolute atomic E-state index is 0.843. The van der Waals surface area contributed by atoms with Crippen molar-refractivity contribution >= 4 is 23.1 Å². The third-order valence-corrected chi connectivity index (χ3v) is 3.72. The van der Waals surface area contributed by atoms with Crippen LogP contribution in [0.4, 0.5) is 0 Å². The van der Waals surface area contributed by atoms with Crippen molar-refractivity contribution in [2.45, 2.75) is 22.8 Å². The molecule has 2 rings (SSSR count). The quantitative estimate of drug-likeness (QED) is 0.903. The van der Waals surface area contributed by atoms with E-state index >= 15 is 0 Å². The van der Waals surface area contributed by atoms with Gasteiger partial charge in [-0.1, -0.05) is 17.4 Å². The molecule has 2 aromatic rings. The summed E-state index contributed by atoms with van der Waals surface area (Å²) in [4.78, 5) is 4.36. The average Bonchev–Trinajstić information content (AvgIpc) is 2.67. The summed E-state index contributed by atoms with van der Waals surface area (Å²) in [7, 11) is 1.92. The van der Waals surface area contributed by atoms with Crippen molar-refractivity contribution in [3.05, 3.63) is 28.9 Å². The second kappa shape index (κ2) is 5.38. The van der Waals surface area contributed by atoms with Gasteiger partial charge in [-0.25, -0.2) is 4.98 Å². The molecule has 2 heterocycles. The molecule has 2 aromatic heterocycles. The fraction of sp³-hybridized carbons (Fsp3) is 0.300. The maximum Gasteiger partial charge on any atom is 0.180 e. The van der Waals surface area contributed by atoms with E-state index in [0.717, 1.165) is 20.9 Å². The van der Waals surface area contributed by atoms with Gasteiger partial charge in [0, 0.05) is 12.7 Å². The Balaban J connectivity index is 2.05. The second-order valence-corrected chi connectivity index (χ2v) is 5.67. The average molecular weight is 252 g/mol. The molecule has 4 nitrogen and oxygen atoms in total. The Labute approximate surface area is 103 Å². The van der Waals surface area contributed by atoms with Gasteiger partial charge in [0.25, 0.3) is 0 Å². The molecule has 6 heteroatoms. The van der Waals surface area contributed by atoms with E-state index in [1.165, 1.54) is 5.56 Å². The summed E-state index contributed by atoms with van der Waals surface area (Å²) in [5.74, 6) is 0. The van der Waals surface area contributed by atoms with Crippen molar-refractivity contribution in [3.8, 4) is 0 Å². The van der Waals surface area contributed by atoms with Gasteiger partial charge in [0.2, 0.25) is 0 Å². The Morgan fingerprint density at radius 3 is 2.81 bits per heavy atom. The molecular formula is C10H12N4S2. The van der Waals surface area contributed by atoms with Crippen LogP contribution >= 0.6 is 23.1 Å². The monoisotopic (exact) mass is 252 g/mol. The lowest BCUT2D eigenvalue weighted by Crippen LogP contribution is -2.04. The number of pyridine rings is 1. The lowest BCUT2D eigenvalue weighted by Gasteiger charge is -2.00. The Morgan fingerprint density at radius 1 is 1.38 bits per heavy atom. The van der Waals surface area contributed by atoms with E-state index < -0.39 is 0 Å².